The molecule has 230 valence electrons. The van der Waals surface area contributed by atoms with Gasteiger partial charge in [-0.05, 0) is 96.2 Å². The van der Waals surface area contributed by atoms with Gasteiger partial charge in [0.1, 0.15) is 0 Å². The van der Waals surface area contributed by atoms with Crippen LogP contribution in [-0.2, 0) is 5.41 Å². The van der Waals surface area contributed by atoms with Gasteiger partial charge in [-0.3, -0.25) is 0 Å². The summed E-state index contributed by atoms with van der Waals surface area (Å²) in [5.41, 5.74) is 10.6. The van der Waals surface area contributed by atoms with Gasteiger partial charge in [0.25, 0.3) is 0 Å². The Kier molecular flexibility index (Phi) is 5.20. The van der Waals surface area contributed by atoms with Crippen molar-refractivity contribution in [3.05, 3.63) is 120 Å². The van der Waals surface area contributed by atoms with Crippen LogP contribution in [0.3, 0.4) is 0 Å². The molecule has 2 nitrogen and oxygen atoms in total. The summed E-state index contributed by atoms with van der Waals surface area (Å²) in [6.45, 7) is 0. The monoisotopic (exact) mass is 652 g/mol. The highest BCUT2D eigenvalue weighted by molar-refractivity contribution is 7.26. The van der Waals surface area contributed by atoms with Gasteiger partial charge in [0, 0.05) is 46.8 Å². The first-order valence-corrected chi connectivity index (χ1v) is 19.2. The first-order valence-electron chi connectivity index (χ1n) is 17.6. The molecule has 0 amide bonds. The fourth-order valence-electron chi connectivity index (χ4n) is 11.2. The molecule has 4 bridgehead atoms. The summed E-state index contributed by atoms with van der Waals surface area (Å²) >= 11 is 3.76. The minimum absolute atomic E-state index is 0.101. The Hall–Kier alpha value is -4.38. The van der Waals surface area contributed by atoms with Gasteiger partial charge >= 0.3 is 0 Å². The third-order valence-electron chi connectivity index (χ3n) is 12.7. The van der Waals surface area contributed by atoms with Crippen molar-refractivity contribution < 1.29 is 0 Å². The number of nitrogens with zero attached hydrogens (tertiary/aromatic N) is 2. The lowest BCUT2D eigenvalue weighted by atomic mass is 9.43. The Morgan fingerprint density at radius 1 is 0.562 bits per heavy atom. The van der Waals surface area contributed by atoms with E-state index in [9.17, 15) is 0 Å². The summed E-state index contributed by atoms with van der Waals surface area (Å²) in [6.07, 6.45) is 7.01. The maximum Gasteiger partial charge on any atom is 0.162 e. The number of fused-ring (bicyclic) bond motifs is 10. The Morgan fingerprint density at radius 2 is 1.21 bits per heavy atom. The SMILES string of the molecule is c1ccc(-c2nc(-c3cc4c(c5c3sc3ccccc35)C3(c5ccccc5-4)C4CC5CC(C4)CC3C5)nc3c2sc2ccccc23)cc1. The fraction of sp³-hybridized carbons (Fsp3) is 0.227. The third kappa shape index (κ3) is 3.28. The van der Waals surface area contributed by atoms with Crippen molar-refractivity contribution in [3.63, 3.8) is 0 Å². The topological polar surface area (TPSA) is 25.8 Å². The molecule has 5 aromatic carbocycles. The van der Waals surface area contributed by atoms with Crippen LogP contribution in [0.2, 0.25) is 0 Å². The molecule has 4 fully saturated rings. The van der Waals surface area contributed by atoms with Gasteiger partial charge in [0.2, 0.25) is 0 Å². The third-order valence-corrected chi connectivity index (χ3v) is 15.0. The van der Waals surface area contributed by atoms with Crippen LogP contribution in [0, 0.1) is 23.7 Å². The van der Waals surface area contributed by atoms with Gasteiger partial charge in [0.15, 0.2) is 5.82 Å². The average molecular weight is 653 g/mol. The number of thiophene rings is 2. The van der Waals surface area contributed by atoms with E-state index in [0.717, 1.165) is 51.0 Å². The van der Waals surface area contributed by atoms with Gasteiger partial charge in [-0.2, -0.15) is 0 Å². The molecule has 3 heterocycles. The molecule has 1 spiro atoms. The van der Waals surface area contributed by atoms with Crippen LogP contribution >= 0.6 is 22.7 Å². The molecule has 0 radical (unpaired) electrons. The second kappa shape index (κ2) is 9.40. The van der Waals surface area contributed by atoms with Gasteiger partial charge < -0.3 is 0 Å². The van der Waals surface area contributed by atoms with Crippen LogP contribution in [0.1, 0.15) is 43.2 Å². The largest absolute Gasteiger partial charge is 0.226 e. The van der Waals surface area contributed by atoms with Crippen LogP contribution in [0.5, 0.6) is 0 Å². The second-order valence-electron chi connectivity index (χ2n) is 14.9. The van der Waals surface area contributed by atoms with E-state index in [0.29, 0.717) is 0 Å². The van der Waals surface area contributed by atoms with Crippen molar-refractivity contribution in [3.8, 4) is 33.8 Å². The summed E-state index contributed by atoms with van der Waals surface area (Å²) in [6, 6.07) is 40.6. The Balaban J connectivity index is 1.23. The Bertz CT molecular complexity index is 2620. The number of hydrogen-bond acceptors (Lipinski definition) is 4. The van der Waals surface area contributed by atoms with Gasteiger partial charge in [-0.15, -0.1) is 22.7 Å². The lowest BCUT2D eigenvalue weighted by molar-refractivity contribution is -0.0393. The number of hydrogen-bond donors (Lipinski definition) is 0. The summed E-state index contributed by atoms with van der Waals surface area (Å²) < 4.78 is 5.14. The van der Waals surface area contributed by atoms with Crippen molar-refractivity contribution in [1.82, 2.24) is 9.97 Å². The van der Waals surface area contributed by atoms with E-state index in [-0.39, 0.29) is 5.41 Å². The average Bonchev–Trinajstić information content (AvgIpc) is 3.79. The zero-order valence-electron chi connectivity index (χ0n) is 26.4. The lowest BCUT2D eigenvalue weighted by Gasteiger charge is -2.61. The van der Waals surface area contributed by atoms with Crippen molar-refractivity contribution >= 4 is 63.1 Å². The van der Waals surface area contributed by atoms with E-state index in [1.165, 1.54) is 79.1 Å². The van der Waals surface area contributed by atoms with Crippen molar-refractivity contribution in [1.29, 1.82) is 0 Å². The minimum atomic E-state index is 0.101. The summed E-state index contributed by atoms with van der Waals surface area (Å²) in [5.74, 6) is 4.12. The molecule has 0 saturated heterocycles. The predicted molar refractivity (Wildman–Crippen MR) is 202 cm³/mol. The number of rotatable bonds is 2. The molecule has 0 aliphatic heterocycles. The quantitative estimate of drug-likeness (QED) is 0.186. The molecule has 3 aromatic heterocycles. The molecule has 8 aromatic rings. The van der Waals surface area contributed by atoms with Gasteiger partial charge in [-0.1, -0.05) is 91.0 Å². The van der Waals surface area contributed by atoms with Crippen molar-refractivity contribution in [2.24, 2.45) is 23.7 Å². The van der Waals surface area contributed by atoms with E-state index < -0.39 is 0 Å². The molecule has 0 unspecified atom stereocenters. The minimum Gasteiger partial charge on any atom is -0.226 e. The van der Waals surface area contributed by atoms with E-state index >= 15 is 0 Å². The highest BCUT2D eigenvalue weighted by Gasteiger charge is 2.62. The summed E-state index contributed by atoms with van der Waals surface area (Å²) in [7, 11) is 0. The zero-order valence-corrected chi connectivity index (χ0v) is 28.1. The van der Waals surface area contributed by atoms with Gasteiger partial charge in [-0.25, -0.2) is 9.97 Å². The zero-order chi connectivity index (χ0) is 31.1. The van der Waals surface area contributed by atoms with Crippen LogP contribution < -0.4 is 0 Å². The standard InChI is InChI=1S/C44H32N2S2/c1-2-10-26(11-3-1)39-42-40(31-14-6-9-17-36(31)48-42)46-43(45-39)33-23-32-29-12-4-7-15-34(29)44(27-19-24-18-25(21-27)22-28(44)20-24)38(32)37-30-13-5-8-16-35(30)47-41(33)37/h1-17,23-25,27-28H,18-22H2. The summed E-state index contributed by atoms with van der Waals surface area (Å²) in [5, 5.41) is 4.10. The molecule has 13 rings (SSSR count). The molecule has 0 atom stereocenters. The molecule has 0 N–H and O–H groups in total. The fourth-order valence-corrected chi connectivity index (χ4v) is 13.6. The van der Waals surface area contributed by atoms with E-state index in [2.05, 4.69) is 109 Å². The van der Waals surface area contributed by atoms with E-state index in [1.54, 1.807) is 11.1 Å². The molecule has 5 aliphatic carbocycles. The van der Waals surface area contributed by atoms with Crippen molar-refractivity contribution in [2.45, 2.75) is 37.5 Å². The van der Waals surface area contributed by atoms with Crippen LogP contribution in [-0.4, -0.2) is 9.97 Å². The van der Waals surface area contributed by atoms with E-state index in [1.807, 2.05) is 22.7 Å². The van der Waals surface area contributed by atoms with Crippen LogP contribution in [0.15, 0.2) is 109 Å². The smallest absolute Gasteiger partial charge is 0.162 e. The highest BCUT2D eigenvalue weighted by atomic mass is 32.1. The molecule has 4 saturated carbocycles. The number of benzene rings is 5. The maximum atomic E-state index is 5.52. The second-order valence-corrected chi connectivity index (χ2v) is 17.0. The Labute approximate surface area is 287 Å². The predicted octanol–water partition coefficient (Wildman–Crippen LogP) is 12.3. The molecule has 4 heteroatoms. The number of aromatic nitrogens is 2. The molecular weight excluding hydrogens is 621 g/mol. The normalized spacial score (nSPS) is 25.2. The van der Waals surface area contributed by atoms with Crippen LogP contribution in [0.4, 0.5) is 0 Å². The van der Waals surface area contributed by atoms with Crippen LogP contribution in [0.25, 0.3) is 74.2 Å². The van der Waals surface area contributed by atoms with Gasteiger partial charge in [0.05, 0.1) is 15.9 Å². The molecule has 48 heavy (non-hydrogen) atoms. The first kappa shape index (κ1) is 26.6. The maximum absolute atomic E-state index is 5.52. The lowest BCUT2D eigenvalue weighted by Crippen LogP contribution is -2.55. The molecule has 5 aliphatic rings. The first-order chi connectivity index (χ1) is 23.8. The highest BCUT2D eigenvalue weighted by Crippen LogP contribution is 2.71. The Morgan fingerprint density at radius 3 is 2.00 bits per heavy atom. The van der Waals surface area contributed by atoms with E-state index in [4.69, 9.17) is 9.97 Å². The molecular formula is C44H32N2S2. The summed E-state index contributed by atoms with van der Waals surface area (Å²) in [4.78, 5) is 11.0. The van der Waals surface area contributed by atoms with Crippen molar-refractivity contribution in [2.75, 3.05) is 0 Å².